The normalized spacial score (nSPS) is 11.1. The van der Waals surface area contributed by atoms with Crippen LogP contribution in [0.1, 0.15) is 25.0 Å². The molecule has 0 bridgehead atoms. The summed E-state index contributed by atoms with van der Waals surface area (Å²) < 4.78 is 39.9. The number of alkyl halides is 1. The van der Waals surface area contributed by atoms with Crippen LogP contribution in [-0.4, -0.2) is 6.08 Å². The van der Waals surface area contributed by atoms with Gasteiger partial charge < -0.3 is 0 Å². The van der Waals surface area contributed by atoms with Crippen molar-refractivity contribution in [2.45, 2.75) is 26.1 Å². The Bertz CT molecular complexity index is 445. The van der Waals surface area contributed by atoms with Crippen molar-refractivity contribution in [2.24, 2.45) is 4.99 Å². The van der Waals surface area contributed by atoms with Crippen molar-refractivity contribution in [1.29, 1.82) is 0 Å². The lowest BCUT2D eigenvalue weighted by molar-refractivity contribution is 0.220. The zero-order valence-corrected chi connectivity index (χ0v) is 8.85. The van der Waals surface area contributed by atoms with Crippen LogP contribution < -0.4 is 0 Å². The molecule has 1 rings (SSSR count). The Kier molecular flexibility index (Phi) is 3.50. The lowest BCUT2D eigenvalue weighted by Crippen LogP contribution is -2.11. The molecule has 1 aromatic carbocycles. The first kappa shape index (κ1) is 12.5. The highest BCUT2D eigenvalue weighted by atomic mass is 19.2. The first-order valence-corrected chi connectivity index (χ1v) is 4.57. The summed E-state index contributed by atoms with van der Waals surface area (Å²) in [6, 6.07) is 1.95. The van der Waals surface area contributed by atoms with Crippen molar-refractivity contribution in [2.75, 3.05) is 0 Å². The van der Waals surface area contributed by atoms with Gasteiger partial charge in [0.15, 0.2) is 11.6 Å². The molecular weight excluding hydrogens is 219 g/mol. The van der Waals surface area contributed by atoms with Crippen LogP contribution in [0.2, 0.25) is 0 Å². The summed E-state index contributed by atoms with van der Waals surface area (Å²) in [7, 11) is 0. The van der Waals surface area contributed by atoms with Gasteiger partial charge in [-0.1, -0.05) is 0 Å². The van der Waals surface area contributed by atoms with Crippen LogP contribution in [0.4, 0.5) is 13.2 Å². The van der Waals surface area contributed by atoms with Gasteiger partial charge in [-0.3, -0.25) is 0 Å². The number of aliphatic imine (C=N–C) groups is 1. The molecule has 0 radical (unpaired) electrons. The molecule has 5 heteroatoms. The third-order valence-electron chi connectivity index (χ3n) is 2.10. The van der Waals surface area contributed by atoms with Crippen LogP contribution in [0.15, 0.2) is 17.1 Å². The van der Waals surface area contributed by atoms with E-state index < -0.39 is 17.3 Å². The van der Waals surface area contributed by atoms with E-state index in [1.165, 1.54) is 19.9 Å². The van der Waals surface area contributed by atoms with Crippen LogP contribution in [0, 0.1) is 11.6 Å². The molecule has 86 valence electrons. The summed E-state index contributed by atoms with van der Waals surface area (Å²) in [5, 5.41) is 0. The topological polar surface area (TPSA) is 29.4 Å². The monoisotopic (exact) mass is 229 g/mol. The fourth-order valence-electron chi connectivity index (χ4n) is 1.22. The molecule has 0 fully saturated rings. The molecule has 0 unspecified atom stereocenters. The minimum atomic E-state index is -1.78. The van der Waals surface area contributed by atoms with E-state index in [1.54, 1.807) is 0 Å². The second-order valence-corrected chi connectivity index (χ2v) is 3.81. The van der Waals surface area contributed by atoms with E-state index in [-0.39, 0.29) is 17.7 Å². The van der Waals surface area contributed by atoms with Gasteiger partial charge in [-0.25, -0.2) is 23.0 Å². The Balaban J connectivity index is 3.27. The minimum absolute atomic E-state index is 0.00231. The molecule has 0 aliphatic rings. The Morgan fingerprint density at radius 1 is 1.38 bits per heavy atom. The maximum atomic E-state index is 13.5. The molecule has 1 aromatic rings. The molecule has 0 amide bonds. The first-order chi connectivity index (χ1) is 7.36. The fourth-order valence-corrected chi connectivity index (χ4v) is 1.22. The number of hydrogen-bond acceptors (Lipinski definition) is 2. The third kappa shape index (κ3) is 2.70. The smallest absolute Gasteiger partial charge is 0.235 e. The lowest BCUT2D eigenvalue weighted by atomic mass is 9.97. The minimum Gasteiger partial charge on any atom is -0.239 e. The fraction of sp³-hybridized carbons (Fsp3) is 0.364. The van der Waals surface area contributed by atoms with E-state index in [9.17, 15) is 18.0 Å². The van der Waals surface area contributed by atoms with Crippen molar-refractivity contribution in [3.8, 4) is 0 Å². The van der Waals surface area contributed by atoms with Crippen molar-refractivity contribution in [1.82, 2.24) is 0 Å². The Morgan fingerprint density at radius 2 is 2.00 bits per heavy atom. The second kappa shape index (κ2) is 4.49. The van der Waals surface area contributed by atoms with Crippen molar-refractivity contribution in [3.63, 3.8) is 0 Å². The SMILES string of the molecule is CC(C)(F)c1cc(F)c(F)c(CN=C=O)c1. The highest BCUT2D eigenvalue weighted by Crippen LogP contribution is 2.28. The van der Waals surface area contributed by atoms with Crippen molar-refractivity contribution in [3.05, 3.63) is 34.9 Å². The van der Waals surface area contributed by atoms with Crippen molar-refractivity contribution < 1.29 is 18.0 Å². The standard InChI is InChI=1S/C11H10F3NO/c1-11(2,14)8-3-7(5-15-6-16)10(13)9(12)4-8/h3-4H,5H2,1-2H3. The summed E-state index contributed by atoms with van der Waals surface area (Å²) in [6.07, 6.45) is 1.21. The van der Waals surface area contributed by atoms with Crippen LogP contribution in [0.3, 0.4) is 0 Å². The molecule has 0 saturated heterocycles. The second-order valence-electron chi connectivity index (χ2n) is 3.81. The number of carbonyl (C=O) groups excluding carboxylic acids is 1. The van der Waals surface area contributed by atoms with E-state index in [0.717, 1.165) is 12.1 Å². The van der Waals surface area contributed by atoms with Gasteiger partial charge in [0.2, 0.25) is 6.08 Å². The number of halogens is 3. The van der Waals surface area contributed by atoms with Gasteiger partial charge in [-0.05, 0) is 31.5 Å². The van der Waals surface area contributed by atoms with Gasteiger partial charge in [-0.15, -0.1) is 0 Å². The predicted octanol–water partition coefficient (Wildman–Crippen LogP) is 3.01. The van der Waals surface area contributed by atoms with Crippen LogP contribution in [-0.2, 0) is 17.0 Å². The highest BCUT2D eigenvalue weighted by molar-refractivity contribution is 5.35. The van der Waals surface area contributed by atoms with Gasteiger partial charge in [-0.2, -0.15) is 0 Å². The zero-order valence-electron chi connectivity index (χ0n) is 8.85. The quantitative estimate of drug-likeness (QED) is 0.578. The van der Waals surface area contributed by atoms with E-state index >= 15 is 0 Å². The van der Waals surface area contributed by atoms with E-state index in [4.69, 9.17) is 0 Å². The molecule has 0 spiro atoms. The molecule has 0 saturated carbocycles. The molecule has 0 N–H and O–H groups in total. The number of benzene rings is 1. The Hall–Kier alpha value is -1.61. The van der Waals surface area contributed by atoms with Gasteiger partial charge in [0.25, 0.3) is 0 Å². The molecule has 16 heavy (non-hydrogen) atoms. The lowest BCUT2D eigenvalue weighted by Gasteiger charge is -2.16. The number of rotatable bonds is 3. The van der Waals surface area contributed by atoms with Gasteiger partial charge >= 0.3 is 0 Å². The summed E-state index contributed by atoms with van der Waals surface area (Å²) in [5.74, 6) is -2.27. The first-order valence-electron chi connectivity index (χ1n) is 4.57. The molecule has 0 aromatic heterocycles. The number of isocyanates is 1. The van der Waals surface area contributed by atoms with Crippen LogP contribution >= 0.6 is 0 Å². The molecule has 0 atom stereocenters. The number of hydrogen-bond donors (Lipinski definition) is 0. The van der Waals surface area contributed by atoms with Crippen molar-refractivity contribution >= 4 is 6.08 Å². The van der Waals surface area contributed by atoms with Crippen LogP contribution in [0.5, 0.6) is 0 Å². The van der Waals surface area contributed by atoms with Gasteiger partial charge in [0.1, 0.15) is 5.67 Å². The maximum absolute atomic E-state index is 13.5. The average Bonchev–Trinajstić information content (AvgIpc) is 2.18. The Labute approximate surface area is 90.8 Å². The van der Waals surface area contributed by atoms with E-state index in [1.807, 2.05) is 0 Å². The highest BCUT2D eigenvalue weighted by Gasteiger charge is 2.22. The number of nitrogens with zero attached hydrogens (tertiary/aromatic N) is 1. The van der Waals surface area contributed by atoms with Gasteiger partial charge in [0.05, 0.1) is 6.54 Å². The zero-order chi connectivity index (χ0) is 12.3. The Morgan fingerprint density at radius 3 is 2.50 bits per heavy atom. The maximum Gasteiger partial charge on any atom is 0.235 e. The molecule has 2 nitrogen and oxygen atoms in total. The third-order valence-corrected chi connectivity index (χ3v) is 2.10. The molecular formula is C11H10F3NO. The summed E-state index contributed by atoms with van der Waals surface area (Å²) in [6.45, 7) is 2.11. The largest absolute Gasteiger partial charge is 0.239 e. The predicted molar refractivity (Wildman–Crippen MR) is 52.3 cm³/mol. The molecule has 0 aliphatic carbocycles. The van der Waals surface area contributed by atoms with E-state index in [0.29, 0.717) is 0 Å². The summed E-state index contributed by atoms with van der Waals surface area (Å²) in [4.78, 5) is 13.0. The van der Waals surface area contributed by atoms with E-state index in [2.05, 4.69) is 4.99 Å². The molecule has 0 aliphatic heterocycles. The summed E-state index contributed by atoms with van der Waals surface area (Å²) in [5.41, 5.74) is -1.94. The average molecular weight is 229 g/mol. The van der Waals surface area contributed by atoms with Gasteiger partial charge in [0, 0.05) is 5.56 Å². The summed E-state index contributed by atoms with van der Waals surface area (Å²) >= 11 is 0. The molecule has 0 heterocycles. The van der Waals surface area contributed by atoms with Crippen LogP contribution in [0.25, 0.3) is 0 Å².